The molecule has 0 atom stereocenters. The number of carbonyl (C=O) groups excluding carboxylic acids is 1. The van der Waals surface area contributed by atoms with Gasteiger partial charge >= 0.3 is 5.97 Å². The van der Waals surface area contributed by atoms with Gasteiger partial charge in [0.2, 0.25) is 0 Å². The van der Waals surface area contributed by atoms with Crippen molar-refractivity contribution in [3.8, 4) is 0 Å². The number of nitrogens with zero attached hydrogens (tertiary/aromatic N) is 3. The Hall–Kier alpha value is -1.82. The molecule has 0 aromatic carbocycles. The Bertz CT molecular complexity index is 466. The highest BCUT2D eigenvalue weighted by atomic mass is 16.4. The fourth-order valence-electron chi connectivity index (χ4n) is 1.73. The van der Waals surface area contributed by atoms with Crippen LogP contribution in [-0.4, -0.2) is 65.1 Å². The minimum Gasteiger partial charge on any atom is -0.480 e. The first kappa shape index (κ1) is 15.2. The summed E-state index contributed by atoms with van der Waals surface area (Å²) < 4.78 is 1.77. The topological polar surface area (TPSA) is 65.8 Å². The van der Waals surface area contributed by atoms with E-state index in [-0.39, 0.29) is 12.5 Å². The summed E-state index contributed by atoms with van der Waals surface area (Å²) >= 11 is 0. The average molecular weight is 267 g/mol. The molecule has 0 radical (unpaired) electrons. The zero-order valence-electron chi connectivity index (χ0n) is 11.9. The van der Waals surface area contributed by atoms with Crippen LogP contribution in [0, 0.1) is 6.92 Å². The van der Waals surface area contributed by atoms with Gasteiger partial charge < -0.3 is 19.5 Å². The number of carbonyl (C=O) groups is 2. The summed E-state index contributed by atoms with van der Waals surface area (Å²) in [6, 6.07) is 3.57. The monoisotopic (exact) mass is 267 g/mol. The van der Waals surface area contributed by atoms with Crippen molar-refractivity contribution in [2.24, 2.45) is 7.05 Å². The first-order valence-electron chi connectivity index (χ1n) is 6.11. The van der Waals surface area contributed by atoms with Gasteiger partial charge in [0.25, 0.3) is 5.91 Å². The smallest absolute Gasteiger partial charge is 0.323 e. The Morgan fingerprint density at radius 2 is 1.89 bits per heavy atom. The summed E-state index contributed by atoms with van der Waals surface area (Å²) in [6.45, 7) is 2.64. The van der Waals surface area contributed by atoms with E-state index < -0.39 is 5.97 Å². The van der Waals surface area contributed by atoms with E-state index in [9.17, 15) is 9.59 Å². The molecule has 0 saturated carbocycles. The molecule has 106 valence electrons. The summed E-state index contributed by atoms with van der Waals surface area (Å²) in [5.41, 5.74) is 1.48. The van der Waals surface area contributed by atoms with Crippen LogP contribution in [0.1, 0.15) is 16.2 Å². The lowest BCUT2D eigenvalue weighted by Crippen LogP contribution is -2.40. The van der Waals surface area contributed by atoms with E-state index >= 15 is 0 Å². The number of carboxylic acid groups (broad SMARTS) is 1. The minimum absolute atomic E-state index is 0.250. The molecule has 0 saturated heterocycles. The lowest BCUT2D eigenvalue weighted by molar-refractivity contribution is -0.137. The highest BCUT2D eigenvalue weighted by Crippen LogP contribution is 2.09. The summed E-state index contributed by atoms with van der Waals surface area (Å²) in [4.78, 5) is 26.5. The summed E-state index contributed by atoms with van der Waals surface area (Å²) in [7, 11) is 5.57. The number of hydrogen-bond donors (Lipinski definition) is 1. The van der Waals surface area contributed by atoms with Crippen LogP contribution in [0.25, 0.3) is 0 Å². The fraction of sp³-hybridized carbons (Fsp3) is 0.538. The van der Waals surface area contributed by atoms with Crippen molar-refractivity contribution in [2.75, 3.05) is 33.7 Å². The molecule has 0 fully saturated rings. The third kappa shape index (κ3) is 4.10. The van der Waals surface area contributed by atoms with Gasteiger partial charge in [0, 0.05) is 25.8 Å². The molecular formula is C13H21N3O3. The van der Waals surface area contributed by atoms with E-state index in [1.54, 1.807) is 17.7 Å². The molecule has 0 spiro atoms. The largest absolute Gasteiger partial charge is 0.480 e. The summed E-state index contributed by atoms with van der Waals surface area (Å²) in [5.74, 6) is -1.25. The van der Waals surface area contributed by atoms with Crippen molar-refractivity contribution in [1.29, 1.82) is 0 Å². The molecule has 0 aliphatic carbocycles. The van der Waals surface area contributed by atoms with Gasteiger partial charge in [0.15, 0.2) is 0 Å². The number of aromatic nitrogens is 1. The average Bonchev–Trinajstić information content (AvgIpc) is 2.64. The first-order chi connectivity index (χ1) is 8.82. The number of amides is 1. The summed E-state index contributed by atoms with van der Waals surface area (Å²) in [6.07, 6.45) is 0. The number of likely N-dealkylation sites (N-methyl/N-ethyl adjacent to an activating group) is 1. The van der Waals surface area contributed by atoms with Crippen molar-refractivity contribution < 1.29 is 14.7 Å². The van der Waals surface area contributed by atoms with Crippen LogP contribution >= 0.6 is 0 Å². The van der Waals surface area contributed by atoms with Gasteiger partial charge in [-0.25, -0.2) is 0 Å². The van der Waals surface area contributed by atoms with Crippen LogP contribution in [0.15, 0.2) is 12.1 Å². The molecule has 0 bridgehead atoms. The lowest BCUT2D eigenvalue weighted by atomic mass is 10.3. The van der Waals surface area contributed by atoms with Gasteiger partial charge in [-0.15, -0.1) is 0 Å². The molecular weight excluding hydrogens is 246 g/mol. The Kier molecular flexibility index (Phi) is 5.11. The van der Waals surface area contributed by atoms with Crippen molar-refractivity contribution >= 4 is 11.9 Å². The van der Waals surface area contributed by atoms with Crippen LogP contribution < -0.4 is 0 Å². The van der Waals surface area contributed by atoms with Crippen LogP contribution in [0.4, 0.5) is 0 Å². The molecule has 1 heterocycles. The Morgan fingerprint density at radius 1 is 1.26 bits per heavy atom. The van der Waals surface area contributed by atoms with Crippen molar-refractivity contribution in [3.05, 3.63) is 23.5 Å². The predicted molar refractivity (Wildman–Crippen MR) is 72.2 cm³/mol. The second-order valence-corrected chi connectivity index (χ2v) is 4.84. The van der Waals surface area contributed by atoms with E-state index in [1.807, 2.05) is 32.0 Å². The van der Waals surface area contributed by atoms with Crippen LogP contribution in [0.2, 0.25) is 0 Å². The van der Waals surface area contributed by atoms with Crippen molar-refractivity contribution in [2.45, 2.75) is 6.92 Å². The number of aryl methyl sites for hydroxylation is 1. The molecule has 1 aromatic rings. The van der Waals surface area contributed by atoms with Gasteiger partial charge in [0.1, 0.15) is 12.2 Å². The zero-order chi connectivity index (χ0) is 14.6. The molecule has 0 aliphatic rings. The molecule has 1 amide bonds. The Morgan fingerprint density at radius 3 is 2.32 bits per heavy atom. The van der Waals surface area contributed by atoms with E-state index in [2.05, 4.69) is 0 Å². The quantitative estimate of drug-likeness (QED) is 0.811. The maximum atomic E-state index is 12.4. The molecule has 6 heteroatoms. The molecule has 1 rings (SSSR count). The standard InChI is InChI=1S/C13H21N3O3/c1-10-5-6-11(15(10)4)13(19)16(9-12(17)18)8-7-14(2)3/h5-6H,7-9H2,1-4H3,(H,17,18). The fourth-order valence-corrected chi connectivity index (χ4v) is 1.73. The van der Waals surface area contributed by atoms with E-state index in [0.29, 0.717) is 18.8 Å². The van der Waals surface area contributed by atoms with E-state index in [0.717, 1.165) is 5.69 Å². The maximum absolute atomic E-state index is 12.4. The third-order valence-electron chi connectivity index (χ3n) is 3.02. The molecule has 1 N–H and O–H groups in total. The zero-order valence-corrected chi connectivity index (χ0v) is 11.9. The van der Waals surface area contributed by atoms with Gasteiger partial charge in [-0.05, 0) is 33.2 Å². The molecule has 19 heavy (non-hydrogen) atoms. The van der Waals surface area contributed by atoms with Gasteiger partial charge in [-0.3, -0.25) is 9.59 Å². The molecule has 6 nitrogen and oxygen atoms in total. The van der Waals surface area contributed by atoms with Crippen LogP contribution in [0.3, 0.4) is 0 Å². The number of carboxylic acids is 1. The summed E-state index contributed by atoms with van der Waals surface area (Å²) in [5, 5.41) is 8.91. The predicted octanol–water partition coefficient (Wildman–Crippen LogP) is 0.422. The SMILES string of the molecule is Cc1ccc(C(=O)N(CCN(C)C)CC(=O)O)n1C. The first-order valence-corrected chi connectivity index (χ1v) is 6.11. The van der Waals surface area contributed by atoms with Crippen molar-refractivity contribution in [3.63, 3.8) is 0 Å². The van der Waals surface area contributed by atoms with Crippen LogP contribution in [-0.2, 0) is 11.8 Å². The second kappa shape index (κ2) is 6.38. The molecule has 0 unspecified atom stereocenters. The Labute approximate surface area is 113 Å². The van der Waals surface area contributed by atoms with Gasteiger partial charge in [-0.1, -0.05) is 0 Å². The lowest BCUT2D eigenvalue weighted by Gasteiger charge is -2.23. The van der Waals surface area contributed by atoms with E-state index in [1.165, 1.54) is 4.90 Å². The van der Waals surface area contributed by atoms with Crippen LogP contribution in [0.5, 0.6) is 0 Å². The van der Waals surface area contributed by atoms with Gasteiger partial charge in [0.05, 0.1) is 0 Å². The number of aliphatic carboxylic acids is 1. The maximum Gasteiger partial charge on any atom is 0.323 e. The van der Waals surface area contributed by atoms with Crippen molar-refractivity contribution in [1.82, 2.24) is 14.4 Å². The molecule has 1 aromatic heterocycles. The minimum atomic E-state index is -1.00. The highest BCUT2D eigenvalue weighted by Gasteiger charge is 2.21. The highest BCUT2D eigenvalue weighted by molar-refractivity contribution is 5.94. The number of rotatable bonds is 6. The second-order valence-electron chi connectivity index (χ2n) is 4.84. The van der Waals surface area contributed by atoms with Gasteiger partial charge in [-0.2, -0.15) is 0 Å². The molecule has 0 aliphatic heterocycles. The third-order valence-corrected chi connectivity index (χ3v) is 3.02. The Balaban J connectivity index is 2.87. The normalized spacial score (nSPS) is 10.8. The van der Waals surface area contributed by atoms with E-state index in [4.69, 9.17) is 5.11 Å². The number of hydrogen-bond acceptors (Lipinski definition) is 3.